The topological polar surface area (TPSA) is 67.0 Å². The predicted molar refractivity (Wildman–Crippen MR) is 96.1 cm³/mol. The lowest BCUT2D eigenvalue weighted by Gasteiger charge is -2.13. The molecule has 3 rings (SSSR count). The Morgan fingerprint density at radius 3 is 2.56 bits per heavy atom. The fourth-order valence-corrected chi connectivity index (χ4v) is 2.45. The normalized spacial score (nSPS) is 10.1. The van der Waals surface area contributed by atoms with Crippen molar-refractivity contribution in [1.29, 1.82) is 5.26 Å². The third kappa shape index (κ3) is 4.19. The number of nitrogens with zero attached hydrogens (tertiary/aromatic N) is 2. The summed E-state index contributed by atoms with van der Waals surface area (Å²) in [6.45, 7) is -0.139. The zero-order chi connectivity index (χ0) is 17.6. The number of hydrogen-bond acceptors (Lipinski definition) is 3. The predicted octanol–water partition coefficient (Wildman–Crippen LogP) is 4.02. The second kappa shape index (κ2) is 7.56. The molecule has 0 aliphatic rings. The van der Waals surface area contributed by atoms with E-state index in [0.29, 0.717) is 22.0 Å². The summed E-state index contributed by atoms with van der Waals surface area (Å²) in [5.74, 6) is 0.232. The number of ether oxygens (including phenoxy) is 1. The first-order chi connectivity index (χ1) is 12.2. The molecule has 0 saturated carbocycles. The van der Waals surface area contributed by atoms with Crippen molar-refractivity contribution in [2.45, 2.75) is 0 Å². The van der Waals surface area contributed by atoms with Gasteiger partial charge in [0.15, 0.2) is 6.61 Å². The number of benzene rings is 2. The first kappa shape index (κ1) is 16.6. The molecule has 6 heteroatoms. The molecule has 25 heavy (non-hydrogen) atoms. The van der Waals surface area contributed by atoms with Gasteiger partial charge in [-0.2, -0.15) is 5.26 Å². The quantitative estimate of drug-likeness (QED) is 0.755. The van der Waals surface area contributed by atoms with E-state index < -0.39 is 0 Å². The number of anilines is 1. The van der Waals surface area contributed by atoms with Crippen LogP contribution in [0, 0.1) is 11.3 Å². The largest absolute Gasteiger partial charge is 0.484 e. The van der Waals surface area contributed by atoms with Gasteiger partial charge in [-0.15, -0.1) is 0 Å². The summed E-state index contributed by atoms with van der Waals surface area (Å²) in [6, 6.07) is 17.6. The van der Waals surface area contributed by atoms with Gasteiger partial charge in [-0.25, -0.2) is 0 Å². The molecule has 1 heterocycles. The highest BCUT2D eigenvalue weighted by Crippen LogP contribution is 2.24. The molecular formula is C19H14ClN3O2. The lowest BCUT2D eigenvalue weighted by Crippen LogP contribution is -2.21. The Balaban J connectivity index is 1.68. The Bertz CT molecular complexity index is 913. The fraction of sp³-hybridized carbons (Fsp3) is 0.0526. The number of nitriles is 1. The molecule has 3 aromatic rings. The molecule has 0 atom stereocenters. The van der Waals surface area contributed by atoms with Crippen LogP contribution in [0.15, 0.2) is 67.0 Å². The van der Waals surface area contributed by atoms with Crippen LogP contribution < -0.4 is 10.1 Å². The zero-order valence-electron chi connectivity index (χ0n) is 13.1. The van der Waals surface area contributed by atoms with Gasteiger partial charge in [0, 0.05) is 17.4 Å². The highest BCUT2D eigenvalue weighted by molar-refractivity contribution is 6.30. The number of amides is 1. The standard InChI is InChI=1S/C19H14ClN3O2/c20-15-5-8-17(18(11-15)23-9-1-2-10-23)22-19(24)13-25-16-6-3-14(12-21)4-7-16/h1-11H,13H2,(H,22,24). The van der Waals surface area contributed by atoms with Crippen molar-refractivity contribution in [2.75, 3.05) is 11.9 Å². The molecule has 2 aromatic carbocycles. The van der Waals surface area contributed by atoms with Crippen LogP contribution >= 0.6 is 11.6 Å². The molecule has 1 amide bonds. The van der Waals surface area contributed by atoms with Crippen molar-refractivity contribution >= 4 is 23.2 Å². The Hall–Kier alpha value is -3.23. The van der Waals surface area contributed by atoms with Crippen LogP contribution in [0.25, 0.3) is 5.69 Å². The lowest BCUT2D eigenvalue weighted by atomic mass is 10.2. The van der Waals surface area contributed by atoms with Crippen molar-refractivity contribution in [2.24, 2.45) is 0 Å². The molecule has 1 aromatic heterocycles. The van der Waals surface area contributed by atoms with Gasteiger partial charge in [0.05, 0.1) is 23.0 Å². The molecule has 124 valence electrons. The Morgan fingerprint density at radius 1 is 1.16 bits per heavy atom. The van der Waals surface area contributed by atoms with E-state index in [2.05, 4.69) is 5.32 Å². The average molecular weight is 352 g/mol. The minimum atomic E-state index is -0.292. The van der Waals surface area contributed by atoms with Crippen LogP contribution in [0.2, 0.25) is 5.02 Å². The summed E-state index contributed by atoms with van der Waals surface area (Å²) in [6.07, 6.45) is 3.74. The highest BCUT2D eigenvalue weighted by Gasteiger charge is 2.10. The van der Waals surface area contributed by atoms with Crippen molar-refractivity contribution < 1.29 is 9.53 Å². The molecular weight excluding hydrogens is 338 g/mol. The van der Waals surface area contributed by atoms with E-state index in [0.717, 1.165) is 5.69 Å². The summed E-state index contributed by atoms with van der Waals surface area (Å²) in [7, 11) is 0. The van der Waals surface area contributed by atoms with Gasteiger partial charge in [-0.05, 0) is 54.6 Å². The zero-order valence-corrected chi connectivity index (χ0v) is 13.9. The van der Waals surface area contributed by atoms with Crippen molar-refractivity contribution in [3.63, 3.8) is 0 Å². The molecule has 0 radical (unpaired) electrons. The number of nitrogens with one attached hydrogen (secondary N) is 1. The molecule has 0 aliphatic heterocycles. The number of rotatable bonds is 5. The Labute approximate surface area is 150 Å². The average Bonchev–Trinajstić information content (AvgIpc) is 3.16. The third-order valence-electron chi connectivity index (χ3n) is 3.47. The summed E-state index contributed by atoms with van der Waals surface area (Å²) in [5, 5.41) is 12.2. The maximum Gasteiger partial charge on any atom is 0.262 e. The summed E-state index contributed by atoms with van der Waals surface area (Å²) < 4.78 is 7.30. The van der Waals surface area contributed by atoms with Crippen LogP contribution in [-0.4, -0.2) is 17.1 Å². The second-order valence-corrected chi connectivity index (χ2v) is 5.66. The molecule has 0 saturated heterocycles. The van der Waals surface area contributed by atoms with Gasteiger partial charge in [-0.3, -0.25) is 4.79 Å². The first-order valence-corrected chi connectivity index (χ1v) is 7.89. The van der Waals surface area contributed by atoms with E-state index in [-0.39, 0.29) is 12.5 Å². The van der Waals surface area contributed by atoms with Gasteiger partial charge in [0.25, 0.3) is 5.91 Å². The monoisotopic (exact) mass is 351 g/mol. The van der Waals surface area contributed by atoms with E-state index in [9.17, 15) is 4.79 Å². The van der Waals surface area contributed by atoms with Crippen molar-refractivity contribution in [1.82, 2.24) is 4.57 Å². The molecule has 5 nitrogen and oxygen atoms in total. The summed E-state index contributed by atoms with van der Waals surface area (Å²) >= 11 is 6.06. The number of carbonyl (C=O) groups is 1. The second-order valence-electron chi connectivity index (χ2n) is 5.22. The van der Waals surface area contributed by atoms with Gasteiger partial charge in [0.2, 0.25) is 0 Å². The minimum Gasteiger partial charge on any atom is -0.484 e. The first-order valence-electron chi connectivity index (χ1n) is 7.51. The molecule has 0 spiro atoms. The third-order valence-corrected chi connectivity index (χ3v) is 3.70. The van der Waals surface area contributed by atoms with Gasteiger partial charge in [0.1, 0.15) is 5.75 Å². The highest BCUT2D eigenvalue weighted by atomic mass is 35.5. The van der Waals surface area contributed by atoms with Crippen LogP contribution in [0.1, 0.15) is 5.56 Å². The fourth-order valence-electron chi connectivity index (χ4n) is 2.28. The van der Waals surface area contributed by atoms with Crippen molar-refractivity contribution in [3.8, 4) is 17.5 Å². The van der Waals surface area contributed by atoms with Crippen LogP contribution in [-0.2, 0) is 4.79 Å². The maximum absolute atomic E-state index is 12.2. The maximum atomic E-state index is 12.2. The van der Waals surface area contributed by atoms with Crippen LogP contribution in [0.3, 0.4) is 0 Å². The molecule has 0 fully saturated rings. The van der Waals surface area contributed by atoms with Gasteiger partial charge >= 0.3 is 0 Å². The van der Waals surface area contributed by atoms with Crippen molar-refractivity contribution in [3.05, 3.63) is 77.6 Å². The minimum absolute atomic E-state index is 0.139. The van der Waals surface area contributed by atoms with Gasteiger partial charge < -0.3 is 14.6 Å². The lowest BCUT2D eigenvalue weighted by molar-refractivity contribution is -0.118. The number of aromatic nitrogens is 1. The van der Waals surface area contributed by atoms with E-state index in [1.54, 1.807) is 42.5 Å². The smallest absolute Gasteiger partial charge is 0.262 e. The van der Waals surface area contributed by atoms with Gasteiger partial charge in [-0.1, -0.05) is 11.6 Å². The SMILES string of the molecule is N#Cc1ccc(OCC(=O)Nc2ccc(Cl)cc2-n2cccc2)cc1. The Morgan fingerprint density at radius 2 is 1.88 bits per heavy atom. The van der Waals surface area contributed by atoms with Crippen LogP contribution in [0.5, 0.6) is 5.75 Å². The molecule has 0 unspecified atom stereocenters. The molecule has 0 aliphatic carbocycles. The molecule has 0 bridgehead atoms. The van der Waals surface area contributed by atoms with E-state index in [4.69, 9.17) is 21.6 Å². The van der Waals surface area contributed by atoms with Crippen LogP contribution in [0.4, 0.5) is 5.69 Å². The van der Waals surface area contributed by atoms with E-state index in [1.165, 1.54) is 0 Å². The Kier molecular flexibility index (Phi) is 5.03. The number of halogens is 1. The van der Waals surface area contributed by atoms with E-state index in [1.807, 2.05) is 35.2 Å². The summed E-state index contributed by atoms with van der Waals surface area (Å²) in [5.41, 5.74) is 1.94. The van der Waals surface area contributed by atoms with E-state index >= 15 is 0 Å². The number of hydrogen-bond donors (Lipinski definition) is 1. The number of carbonyl (C=O) groups excluding carboxylic acids is 1. The molecule has 1 N–H and O–H groups in total. The summed E-state index contributed by atoms with van der Waals surface area (Å²) in [4.78, 5) is 12.2.